The van der Waals surface area contributed by atoms with Gasteiger partial charge in [0.05, 0.1) is 17.6 Å². The first-order chi connectivity index (χ1) is 12.1. The Bertz CT molecular complexity index is 726. The summed E-state index contributed by atoms with van der Waals surface area (Å²) >= 11 is 0.646. The van der Waals surface area contributed by atoms with Crippen LogP contribution in [-0.2, 0) is 21.1 Å². The van der Waals surface area contributed by atoms with Gasteiger partial charge >= 0.3 is 6.18 Å². The Morgan fingerprint density at radius 2 is 2.00 bits per heavy atom. The van der Waals surface area contributed by atoms with Gasteiger partial charge in [0.25, 0.3) is 0 Å². The summed E-state index contributed by atoms with van der Waals surface area (Å²) in [4.78, 5) is 14.3. The number of amides is 1. The van der Waals surface area contributed by atoms with Crippen molar-refractivity contribution in [1.29, 1.82) is 5.26 Å². The van der Waals surface area contributed by atoms with Gasteiger partial charge in [0.1, 0.15) is 5.40 Å². The van der Waals surface area contributed by atoms with Crippen molar-refractivity contribution in [3.05, 3.63) is 23.3 Å². The summed E-state index contributed by atoms with van der Waals surface area (Å²) < 4.78 is 46.3. The summed E-state index contributed by atoms with van der Waals surface area (Å²) in [7, 11) is 0. The third-order valence-corrected chi connectivity index (χ3v) is 4.92. The second kappa shape index (κ2) is 7.89. The number of hydrogen-bond acceptors (Lipinski definition) is 4. The van der Waals surface area contributed by atoms with Gasteiger partial charge in [-0.05, 0) is 44.2 Å². The maximum Gasteiger partial charge on any atom is 0.416 e. The van der Waals surface area contributed by atoms with Gasteiger partial charge in [-0.25, -0.2) is 0 Å². The summed E-state index contributed by atoms with van der Waals surface area (Å²) in [5.74, 6) is -0.392. The molecule has 0 bridgehead atoms. The molecule has 1 aliphatic heterocycles. The van der Waals surface area contributed by atoms with E-state index in [-0.39, 0.29) is 29.3 Å². The second-order valence-electron chi connectivity index (χ2n) is 6.60. The molecule has 0 unspecified atom stereocenters. The number of carbonyl (C=O) groups is 1. The molecule has 1 aromatic rings. The fourth-order valence-corrected chi connectivity index (χ4v) is 3.54. The second-order valence-corrected chi connectivity index (χ2v) is 7.46. The summed E-state index contributed by atoms with van der Waals surface area (Å²) in [6.45, 7) is 6.00. The zero-order valence-electron chi connectivity index (χ0n) is 14.9. The topological polar surface area (TPSA) is 53.3 Å². The fourth-order valence-electron chi connectivity index (χ4n) is 3.09. The highest BCUT2D eigenvalue weighted by Gasteiger charge is 2.50. The Balaban J connectivity index is 2.44. The number of nitriles is 1. The van der Waals surface area contributed by atoms with Crippen molar-refractivity contribution in [2.45, 2.75) is 50.1 Å². The highest BCUT2D eigenvalue weighted by Crippen LogP contribution is 2.49. The SMILES string of the molecule is CCCCOCCN1C(=O)C(C)(C)c2c1cc(SC#N)cc2C(F)(F)F. The number of thioether (sulfide) groups is 1. The Labute approximate surface area is 155 Å². The van der Waals surface area contributed by atoms with E-state index in [4.69, 9.17) is 10.00 Å². The molecule has 0 fully saturated rings. The van der Waals surface area contributed by atoms with E-state index in [0.29, 0.717) is 18.4 Å². The van der Waals surface area contributed by atoms with Crippen molar-refractivity contribution in [2.24, 2.45) is 0 Å². The number of rotatable bonds is 7. The van der Waals surface area contributed by atoms with Crippen molar-refractivity contribution in [2.75, 3.05) is 24.7 Å². The molecule has 0 atom stereocenters. The van der Waals surface area contributed by atoms with Crippen molar-refractivity contribution < 1.29 is 22.7 Å². The van der Waals surface area contributed by atoms with Crippen LogP contribution in [0.1, 0.15) is 44.7 Å². The van der Waals surface area contributed by atoms with Gasteiger partial charge in [0.2, 0.25) is 5.91 Å². The van der Waals surface area contributed by atoms with Gasteiger partial charge in [0.15, 0.2) is 0 Å². The molecule has 142 valence electrons. The molecule has 2 rings (SSSR count). The molecule has 0 aliphatic carbocycles. The van der Waals surface area contributed by atoms with E-state index in [2.05, 4.69) is 0 Å². The third-order valence-electron chi connectivity index (χ3n) is 4.36. The number of alkyl halides is 3. The predicted molar refractivity (Wildman–Crippen MR) is 94.0 cm³/mol. The summed E-state index contributed by atoms with van der Waals surface area (Å²) in [5.41, 5.74) is -1.97. The quantitative estimate of drug-likeness (QED) is 0.387. The Kier molecular flexibility index (Phi) is 6.25. The zero-order valence-corrected chi connectivity index (χ0v) is 15.8. The highest BCUT2D eigenvalue weighted by atomic mass is 32.2. The highest BCUT2D eigenvalue weighted by molar-refractivity contribution is 8.03. The van der Waals surface area contributed by atoms with E-state index >= 15 is 0 Å². The van der Waals surface area contributed by atoms with Crippen LogP contribution in [-0.4, -0.2) is 25.7 Å². The number of carbonyl (C=O) groups excluding carboxylic acids is 1. The molecule has 1 amide bonds. The van der Waals surface area contributed by atoms with Crippen LogP contribution >= 0.6 is 11.8 Å². The lowest BCUT2D eigenvalue weighted by molar-refractivity contribution is -0.139. The minimum absolute atomic E-state index is 0.0363. The van der Waals surface area contributed by atoms with Crippen molar-refractivity contribution in [1.82, 2.24) is 0 Å². The van der Waals surface area contributed by atoms with E-state index in [1.165, 1.54) is 24.8 Å². The fraction of sp³-hybridized carbons (Fsp3) is 0.556. The average molecular weight is 386 g/mol. The number of thiocyanates is 1. The zero-order chi connectivity index (χ0) is 19.5. The van der Waals surface area contributed by atoms with Crippen molar-refractivity contribution in [3.8, 4) is 5.40 Å². The number of anilines is 1. The lowest BCUT2D eigenvalue weighted by atomic mass is 9.83. The van der Waals surface area contributed by atoms with Crippen LogP contribution in [0.15, 0.2) is 17.0 Å². The molecule has 0 N–H and O–H groups in total. The minimum Gasteiger partial charge on any atom is -0.380 e. The van der Waals surface area contributed by atoms with Crippen LogP contribution in [0.4, 0.5) is 18.9 Å². The molecular formula is C18H21F3N2O2S. The lowest BCUT2D eigenvalue weighted by Gasteiger charge is -2.21. The van der Waals surface area contributed by atoms with Gasteiger partial charge in [-0.15, -0.1) is 0 Å². The standard InChI is InChI=1S/C18H21F3N2O2S/c1-4-5-7-25-8-6-23-14-10-12(26-11-22)9-13(18(19,20)21)15(14)17(2,3)16(23)24/h9-10H,4-8H2,1-3H3. The number of hydrogen-bond donors (Lipinski definition) is 0. The monoisotopic (exact) mass is 386 g/mol. The van der Waals surface area contributed by atoms with Gasteiger partial charge < -0.3 is 9.64 Å². The smallest absolute Gasteiger partial charge is 0.380 e. The van der Waals surface area contributed by atoms with E-state index in [9.17, 15) is 18.0 Å². The largest absolute Gasteiger partial charge is 0.416 e. The first kappa shape index (κ1) is 20.6. The maximum absolute atomic E-state index is 13.6. The lowest BCUT2D eigenvalue weighted by Crippen LogP contribution is -2.38. The molecule has 0 spiro atoms. The number of ether oxygens (including phenoxy) is 1. The average Bonchev–Trinajstić information content (AvgIpc) is 2.74. The molecule has 0 saturated heterocycles. The maximum atomic E-state index is 13.6. The molecule has 1 aliphatic rings. The molecule has 1 aromatic carbocycles. The summed E-state index contributed by atoms with van der Waals surface area (Å²) in [6, 6.07) is 2.43. The van der Waals surface area contributed by atoms with E-state index in [1.54, 1.807) is 5.40 Å². The molecule has 26 heavy (non-hydrogen) atoms. The normalized spacial score (nSPS) is 15.9. The van der Waals surface area contributed by atoms with Gasteiger partial charge in [-0.1, -0.05) is 13.3 Å². The molecule has 4 nitrogen and oxygen atoms in total. The molecular weight excluding hydrogens is 365 g/mol. The minimum atomic E-state index is -4.61. The Morgan fingerprint density at radius 3 is 2.58 bits per heavy atom. The van der Waals surface area contributed by atoms with Crippen LogP contribution in [0.25, 0.3) is 0 Å². The molecule has 0 aromatic heterocycles. The first-order valence-corrected chi connectivity index (χ1v) is 9.17. The number of nitrogens with zero attached hydrogens (tertiary/aromatic N) is 2. The van der Waals surface area contributed by atoms with E-state index in [1.807, 2.05) is 6.92 Å². The van der Waals surface area contributed by atoms with Crippen molar-refractivity contribution in [3.63, 3.8) is 0 Å². The van der Waals surface area contributed by atoms with Crippen LogP contribution in [0.2, 0.25) is 0 Å². The molecule has 0 radical (unpaired) electrons. The summed E-state index contributed by atoms with van der Waals surface area (Å²) in [5, 5.41) is 10.6. The summed E-state index contributed by atoms with van der Waals surface area (Å²) in [6.07, 6.45) is -2.75. The van der Waals surface area contributed by atoms with Crippen LogP contribution < -0.4 is 4.90 Å². The number of unbranched alkanes of at least 4 members (excludes halogenated alkanes) is 1. The first-order valence-electron chi connectivity index (χ1n) is 8.36. The van der Waals surface area contributed by atoms with Gasteiger partial charge in [-0.3, -0.25) is 4.79 Å². The Morgan fingerprint density at radius 1 is 1.31 bits per heavy atom. The van der Waals surface area contributed by atoms with Crippen LogP contribution in [0.5, 0.6) is 0 Å². The number of fused-ring (bicyclic) bond motifs is 1. The van der Waals surface area contributed by atoms with Gasteiger partial charge in [-0.2, -0.15) is 18.4 Å². The number of benzene rings is 1. The molecule has 1 heterocycles. The molecule has 0 saturated carbocycles. The van der Waals surface area contributed by atoms with E-state index in [0.717, 1.165) is 18.9 Å². The third kappa shape index (κ3) is 3.99. The Hall–Kier alpha value is -1.72. The van der Waals surface area contributed by atoms with Crippen molar-refractivity contribution >= 4 is 23.4 Å². The van der Waals surface area contributed by atoms with Crippen LogP contribution in [0, 0.1) is 10.7 Å². The van der Waals surface area contributed by atoms with Crippen LogP contribution in [0.3, 0.4) is 0 Å². The molecule has 8 heteroatoms. The van der Waals surface area contributed by atoms with Gasteiger partial charge in [0, 0.05) is 29.3 Å². The predicted octanol–water partition coefficient (Wildman–Crippen LogP) is 4.72. The number of halogens is 3. The van der Waals surface area contributed by atoms with E-state index < -0.39 is 23.1 Å².